The molecule has 0 rings (SSSR count). The fourth-order valence-electron chi connectivity index (χ4n) is 0.700. The molecule has 0 aliphatic rings. The second-order valence-corrected chi connectivity index (χ2v) is 2.59. The normalized spacial score (nSPS) is 23.3. The number of rotatable bonds is 5. The minimum Gasteiger partial charge on any atom is -0.394 e. The molecule has 0 heterocycles. The zero-order valence-electron chi connectivity index (χ0n) is 6.66. The summed E-state index contributed by atoms with van der Waals surface area (Å²) in [6.45, 7) is -0.854. The van der Waals surface area contributed by atoms with Crippen LogP contribution in [0, 0.1) is 0 Å². The van der Waals surface area contributed by atoms with Gasteiger partial charge in [0.2, 0.25) is 6.36 Å². The zero-order chi connectivity index (χ0) is 10.6. The van der Waals surface area contributed by atoms with Crippen LogP contribution < -0.4 is 0 Å². The largest absolute Gasteiger partial charge is 0.394 e. The molecule has 0 amide bonds. The van der Waals surface area contributed by atoms with Crippen LogP contribution in [0.15, 0.2) is 0 Å². The number of alkyl halides is 1. The molecule has 0 aliphatic carbocycles. The number of halogens is 1. The van der Waals surface area contributed by atoms with Gasteiger partial charge in [0, 0.05) is 0 Å². The lowest BCUT2D eigenvalue weighted by Gasteiger charge is -2.25. The van der Waals surface area contributed by atoms with Crippen molar-refractivity contribution in [3.05, 3.63) is 0 Å². The average Bonchev–Trinajstić information content (AvgIpc) is 2.12. The van der Waals surface area contributed by atoms with Gasteiger partial charge in [0.1, 0.15) is 24.4 Å². The number of aliphatic hydroxyl groups excluding tert-OH is 6. The molecule has 0 aliphatic heterocycles. The highest BCUT2D eigenvalue weighted by molar-refractivity contribution is 4.81. The molecule has 0 saturated carbocycles. The van der Waals surface area contributed by atoms with Gasteiger partial charge < -0.3 is 30.6 Å². The molecule has 6 nitrogen and oxygen atoms in total. The summed E-state index contributed by atoms with van der Waals surface area (Å²) in [5, 5.41) is 51.7. The molecule has 1 unspecified atom stereocenters. The number of hydrogen-bond acceptors (Lipinski definition) is 6. The van der Waals surface area contributed by atoms with Gasteiger partial charge in [0.05, 0.1) is 6.61 Å². The maximum absolute atomic E-state index is 12.0. The van der Waals surface area contributed by atoms with Crippen molar-refractivity contribution in [3.63, 3.8) is 0 Å². The Bertz CT molecular complexity index is 143. The molecule has 0 bridgehead atoms. The second kappa shape index (κ2) is 5.43. The van der Waals surface area contributed by atoms with Crippen LogP contribution in [0.25, 0.3) is 0 Å². The minimum absolute atomic E-state index is 0.854. The molecule has 13 heavy (non-hydrogen) atoms. The van der Waals surface area contributed by atoms with E-state index in [2.05, 4.69) is 0 Å². The Morgan fingerprint density at radius 3 is 1.62 bits per heavy atom. The minimum atomic E-state index is -2.73. The number of hydrogen-bond donors (Lipinski definition) is 6. The Morgan fingerprint density at radius 1 is 0.846 bits per heavy atom. The van der Waals surface area contributed by atoms with Crippen LogP contribution in [-0.2, 0) is 0 Å². The molecule has 0 aromatic rings. The molecule has 6 N–H and O–H groups in total. The van der Waals surface area contributed by atoms with Gasteiger partial charge in [-0.2, -0.15) is 0 Å². The van der Waals surface area contributed by atoms with Crippen molar-refractivity contribution in [3.8, 4) is 0 Å². The third kappa shape index (κ3) is 3.51. The van der Waals surface area contributed by atoms with Crippen molar-refractivity contribution in [2.75, 3.05) is 6.61 Å². The summed E-state index contributed by atoms with van der Waals surface area (Å²) < 4.78 is 12.0. The third-order valence-corrected chi connectivity index (χ3v) is 1.56. The van der Waals surface area contributed by atoms with Crippen LogP contribution in [0.1, 0.15) is 0 Å². The van der Waals surface area contributed by atoms with Gasteiger partial charge in [-0.25, -0.2) is 4.39 Å². The summed E-state index contributed by atoms with van der Waals surface area (Å²) in [6, 6.07) is 0. The lowest BCUT2D eigenvalue weighted by atomic mass is 10.0. The highest BCUT2D eigenvalue weighted by atomic mass is 19.1. The van der Waals surface area contributed by atoms with Gasteiger partial charge in [-0.15, -0.1) is 0 Å². The van der Waals surface area contributed by atoms with Gasteiger partial charge in [-0.1, -0.05) is 0 Å². The summed E-state index contributed by atoms with van der Waals surface area (Å²) in [5.41, 5.74) is 0. The van der Waals surface area contributed by atoms with Gasteiger partial charge in [-0.05, 0) is 0 Å². The van der Waals surface area contributed by atoms with Crippen LogP contribution in [0.4, 0.5) is 4.39 Å². The Balaban J connectivity index is 4.15. The smallest absolute Gasteiger partial charge is 0.225 e. The van der Waals surface area contributed by atoms with E-state index >= 15 is 0 Å². The summed E-state index contributed by atoms with van der Waals surface area (Å²) in [6.07, 6.45) is -10.7. The van der Waals surface area contributed by atoms with Crippen molar-refractivity contribution in [2.45, 2.75) is 30.8 Å². The molecule has 0 aromatic heterocycles. The number of aliphatic hydroxyl groups is 6. The molecule has 80 valence electrons. The first-order chi connectivity index (χ1) is 5.91. The van der Waals surface area contributed by atoms with E-state index in [9.17, 15) is 4.39 Å². The first-order valence-electron chi connectivity index (χ1n) is 3.57. The first kappa shape index (κ1) is 12.7. The van der Waals surface area contributed by atoms with E-state index in [0.717, 1.165) is 0 Å². The van der Waals surface area contributed by atoms with Crippen molar-refractivity contribution in [2.24, 2.45) is 0 Å². The highest BCUT2D eigenvalue weighted by Crippen LogP contribution is 2.08. The molecular formula is C6H13FO6. The fourth-order valence-corrected chi connectivity index (χ4v) is 0.700. The van der Waals surface area contributed by atoms with Crippen LogP contribution >= 0.6 is 0 Å². The highest BCUT2D eigenvalue weighted by Gasteiger charge is 2.33. The van der Waals surface area contributed by atoms with Gasteiger partial charge in [0.25, 0.3) is 0 Å². The molecule has 0 radical (unpaired) electrons. The van der Waals surface area contributed by atoms with Gasteiger partial charge in [-0.3, -0.25) is 0 Å². The van der Waals surface area contributed by atoms with Crippen LogP contribution in [0.2, 0.25) is 0 Å². The topological polar surface area (TPSA) is 121 Å². The monoisotopic (exact) mass is 200 g/mol. The molecule has 0 fully saturated rings. The lowest BCUT2D eigenvalue weighted by Crippen LogP contribution is -2.49. The quantitative estimate of drug-likeness (QED) is 0.276. The van der Waals surface area contributed by atoms with E-state index in [4.69, 9.17) is 30.6 Å². The van der Waals surface area contributed by atoms with E-state index in [0.29, 0.717) is 0 Å². The maximum Gasteiger partial charge on any atom is 0.225 e. The van der Waals surface area contributed by atoms with E-state index in [1.807, 2.05) is 0 Å². The van der Waals surface area contributed by atoms with E-state index in [1.54, 1.807) is 0 Å². The summed E-state index contributed by atoms with van der Waals surface area (Å²) >= 11 is 0. The summed E-state index contributed by atoms with van der Waals surface area (Å²) in [5.74, 6) is 0. The molecule has 7 heteroatoms. The third-order valence-electron chi connectivity index (χ3n) is 1.56. The van der Waals surface area contributed by atoms with E-state index in [1.165, 1.54) is 0 Å². The van der Waals surface area contributed by atoms with Crippen LogP contribution in [0.3, 0.4) is 0 Å². The van der Waals surface area contributed by atoms with Crippen molar-refractivity contribution in [1.82, 2.24) is 0 Å². The average molecular weight is 200 g/mol. The predicted octanol–water partition coefficient (Wildman–Crippen LogP) is -3.29. The Morgan fingerprint density at radius 2 is 1.31 bits per heavy atom. The standard InChI is InChI=1S/C6H13FO6/c7-6(13)5(12)4(11)3(10)2(9)1-8/h2-6,8-13H,1H2/t2-,3+,4-,5+,6?/m0/s1. The summed E-state index contributed by atoms with van der Waals surface area (Å²) in [7, 11) is 0. The van der Waals surface area contributed by atoms with Gasteiger partial charge in [0.15, 0.2) is 0 Å². The van der Waals surface area contributed by atoms with E-state index in [-0.39, 0.29) is 0 Å². The second-order valence-electron chi connectivity index (χ2n) is 2.59. The lowest BCUT2D eigenvalue weighted by molar-refractivity contribution is -0.165. The van der Waals surface area contributed by atoms with Crippen molar-refractivity contribution in [1.29, 1.82) is 0 Å². The van der Waals surface area contributed by atoms with Crippen LogP contribution in [-0.4, -0.2) is 68.0 Å². The Kier molecular flexibility index (Phi) is 5.30. The first-order valence-corrected chi connectivity index (χ1v) is 3.57. The molecule has 5 atom stereocenters. The van der Waals surface area contributed by atoms with E-state index < -0.39 is 37.4 Å². The van der Waals surface area contributed by atoms with Gasteiger partial charge >= 0.3 is 0 Å². The fraction of sp³-hybridized carbons (Fsp3) is 1.00. The molecule has 0 spiro atoms. The Hall–Kier alpha value is -0.310. The maximum atomic E-state index is 12.0. The molecule has 0 aromatic carbocycles. The van der Waals surface area contributed by atoms with Crippen molar-refractivity contribution < 1.29 is 35.0 Å². The predicted molar refractivity (Wildman–Crippen MR) is 38.2 cm³/mol. The molecule has 0 saturated heterocycles. The Labute approximate surface area is 73.5 Å². The SMILES string of the molecule is OC[C@H](O)[C@@H](O)[C@H](O)[C@@H](O)C(O)F. The van der Waals surface area contributed by atoms with Crippen LogP contribution in [0.5, 0.6) is 0 Å². The van der Waals surface area contributed by atoms with Crippen molar-refractivity contribution >= 4 is 0 Å². The zero-order valence-corrected chi connectivity index (χ0v) is 6.66. The molecular weight excluding hydrogens is 187 g/mol. The summed E-state index contributed by atoms with van der Waals surface area (Å²) in [4.78, 5) is 0.